The van der Waals surface area contributed by atoms with Crippen molar-refractivity contribution < 1.29 is 26.4 Å². The molecule has 29 heavy (non-hydrogen) atoms. The van der Waals surface area contributed by atoms with Crippen molar-refractivity contribution in [3.8, 4) is 0 Å². The molecule has 0 bridgehead atoms. The van der Waals surface area contributed by atoms with Gasteiger partial charge >= 0.3 is 12.2 Å². The molecule has 0 aromatic heterocycles. The minimum atomic E-state index is -4.51. The van der Waals surface area contributed by atoms with Gasteiger partial charge in [0.25, 0.3) is 0 Å². The zero-order valence-electron chi connectivity index (χ0n) is 15.6. The Morgan fingerprint density at radius 2 is 1.79 bits per heavy atom. The van der Waals surface area contributed by atoms with E-state index >= 15 is 0 Å². The third-order valence-electron chi connectivity index (χ3n) is 4.44. The molecular weight excluding hydrogens is 407 g/mol. The summed E-state index contributed by atoms with van der Waals surface area (Å²) < 4.78 is 64.5. The first kappa shape index (κ1) is 21.0. The molecule has 1 aliphatic rings. The van der Waals surface area contributed by atoms with Gasteiger partial charge < -0.3 is 10.6 Å². The van der Waals surface area contributed by atoms with Crippen LogP contribution < -0.4 is 14.9 Å². The number of halogens is 3. The van der Waals surface area contributed by atoms with E-state index in [-0.39, 0.29) is 11.4 Å². The number of fused-ring (bicyclic) bond motifs is 1. The van der Waals surface area contributed by atoms with Crippen LogP contribution in [-0.2, 0) is 22.6 Å². The van der Waals surface area contributed by atoms with Crippen molar-refractivity contribution in [3.63, 3.8) is 0 Å². The normalized spacial score (nSPS) is 13.9. The van der Waals surface area contributed by atoms with Crippen LogP contribution in [0, 0.1) is 0 Å². The van der Waals surface area contributed by atoms with Gasteiger partial charge in [0.15, 0.2) is 0 Å². The van der Waals surface area contributed by atoms with Gasteiger partial charge in [-0.05, 0) is 48.7 Å². The maximum absolute atomic E-state index is 12.8. The van der Waals surface area contributed by atoms with Gasteiger partial charge in [-0.2, -0.15) is 13.2 Å². The Morgan fingerprint density at radius 1 is 1.10 bits per heavy atom. The van der Waals surface area contributed by atoms with Crippen LogP contribution in [0.2, 0.25) is 0 Å². The van der Waals surface area contributed by atoms with Crippen LogP contribution >= 0.6 is 0 Å². The van der Waals surface area contributed by atoms with E-state index in [2.05, 4.69) is 10.6 Å². The molecule has 0 saturated carbocycles. The third-order valence-corrected chi connectivity index (χ3v) is 6.42. The Labute approximate surface area is 166 Å². The average Bonchev–Trinajstić information content (AvgIpc) is 3.05. The Bertz CT molecular complexity index is 1020. The van der Waals surface area contributed by atoms with Gasteiger partial charge in [-0.25, -0.2) is 13.2 Å². The molecule has 2 aromatic carbocycles. The number of benzene rings is 2. The molecule has 6 nitrogen and oxygen atoms in total. The van der Waals surface area contributed by atoms with Gasteiger partial charge in [0, 0.05) is 17.9 Å². The van der Waals surface area contributed by atoms with Gasteiger partial charge in [-0.1, -0.05) is 19.1 Å². The molecule has 0 fully saturated rings. The zero-order valence-corrected chi connectivity index (χ0v) is 16.4. The monoisotopic (exact) mass is 427 g/mol. The van der Waals surface area contributed by atoms with E-state index in [4.69, 9.17) is 0 Å². The number of hydrogen-bond donors (Lipinski definition) is 2. The van der Waals surface area contributed by atoms with Crippen molar-refractivity contribution >= 4 is 33.1 Å². The van der Waals surface area contributed by atoms with Crippen molar-refractivity contribution in [2.45, 2.75) is 25.9 Å². The molecule has 156 valence electrons. The first-order valence-corrected chi connectivity index (χ1v) is 10.6. The number of nitrogens with zero attached hydrogens (tertiary/aromatic N) is 1. The number of carbonyl (C=O) groups excluding carboxylic acids is 1. The lowest BCUT2D eigenvalue weighted by Gasteiger charge is -2.20. The molecule has 2 amide bonds. The van der Waals surface area contributed by atoms with Crippen LogP contribution in [0.5, 0.6) is 0 Å². The summed E-state index contributed by atoms with van der Waals surface area (Å²) in [5.41, 5.74) is 0.825. The van der Waals surface area contributed by atoms with Crippen LogP contribution in [0.25, 0.3) is 0 Å². The lowest BCUT2D eigenvalue weighted by Crippen LogP contribution is -2.31. The standard InChI is InChI=1S/C19H20F3N3O3S/c1-2-10-29(27,28)25-9-8-13-6-7-16(12-17(13)25)24-18(26)23-15-5-3-4-14(11-15)19(20,21)22/h3-7,11-12H,2,8-10H2,1H3,(H2,23,24,26). The molecule has 0 atom stereocenters. The predicted molar refractivity (Wildman–Crippen MR) is 106 cm³/mol. The molecule has 1 heterocycles. The number of amides is 2. The molecule has 0 spiro atoms. The van der Waals surface area contributed by atoms with Crippen LogP contribution in [0.3, 0.4) is 0 Å². The van der Waals surface area contributed by atoms with E-state index in [0.717, 1.165) is 17.7 Å². The summed E-state index contributed by atoms with van der Waals surface area (Å²) >= 11 is 0. The number of sulfonamides is 1. The van der Waals surface area contributed by atoms with Crippen molar-refractivity contribution in [2.24, 2.45) is 0 Å². The summed E-state index contributed by atoms with van der Waals surface area (Å²) in [6.07, 6.45) is -3.44. The summed E-state index contributed by atoms with van der Waals surface area (Å²) in [7, 11) is -3.44. The summed E-state index contributed by atoms with van der Waals surface area (Å²) in [4.78, 5) is 12.2. The fourth-order valence-electron chi connectivity index (χ4n) is 3.15. The van der Waals surface area contributed by atoms with E-state index in [1.54, 1.807) is 25.1 Å². The number of carbonyl (C=O) groups is 1. The number of anilines is 3. The highest BCUT2D eigenvalue weighted by Crippen LogP contribution is 2.33. The van der Waals surface area contributed by atoms with Crippen LogP contribution in [0.15, 0.2) is 42.5 Å². The summed E-state index contributed by atoms with van der Waals surface area (Å²) in [6, 6.07) is 8.47. The highest BCUT2D eigenvalue weighted by Gasteiger charge is 2.31. The largest absolute Gasteiger partial charge is 0.416 e. The second-order valence-electron chi connectivity index (χ2n) is 6.64. The van der Waals surface area contributed by atoms with Crippen molar-refractivity contribution in [1.29, 1.82) is 0 Å². The Kier molecular flexibility index (Phi) is 5.74. The maximum Gasteiger partial charge on any atom is 0.416 e. The van der Waals surface area contributed by atoms with Gasteiger partial charge in [0.1, 0.15) is 0 Å². The number of hydrogen-bond acceptors (Lipinski definition) is 3. The number of rotatable bonds is 5. The molecule has 10 heteroatoms. The fraction of sp³-hybridized carbons (Fsp3) is 0.316. The second-order valence-corrected chi connectivity index (χ2v) is 8.65. The maximum atomic E-state index is 12.8. The predicted octanol–water partition coefficient (Wildman–Crippen LogP) is 4.45. The van der Waals surface area contributed by atoms with Crippen molar-refractivity contribution in [1.82, 2.24) is 0 Å². The van der Waals surface area contributed by atoms with E-state index < -0.39 is 27.8 Å². The molecular formula is C19H20F3N3O3S. The molecule has 0 radical (unpaired) electrons. The lowest BCUT2D eigenvalue weighted by molar-refractivity contribution is -0.137. The smallest absolute Gasteiger partial charge is 0.308 e. The van der Waals surface area contributed by atoms with Gasteiger partial charge in [0.2, 0.25) is 10.0 Å². The van der Waals surface area contributed by atoms with Crippen LogP contribution in [0.4, 0.5) is 35.0 Å². The van der Waals surface area contributed by atoms with Crippen LogP contribution in [-0.4, -0.2) is 26.7 Å². The van der Waals surface area contributed by atoms with Gasteiger partial charge in [0.05, 0.1) is 17.0 Å². The Hall–Kier alpha value is -2.75. The molecule has 2 N–H and O–H groups in total. The van der Waals surface area contributed by atoms with Gasteiger partial charge in [-0.3, -0.25) is 4.31 Å². The number of urea groups is 1. The molecule has 2 aromatic rings. The minimum Gasteiger partial charge on any atom is -0.308 e. The highest BCUT2D eigenvalue weighted by atomic mass is 32.2. The minimum absolute atomic E-state index is 0.00867. The SMILES string of the molecule is CCCS(=O)(=O)N1CCc2ccc(NC(=O)Nc3cccc(C(F)(F)F)c3)cc21. The third kappa shape index (κ3) is 4.81. The first-order chi connectivity index (χ1) is 13.6. The zero-order chi connectivity index (χ0) is 21.2. The topological polar surface area (TPSA) is 78.5 Å². The van der Waals surface area contributed by atoms with Gasteiger partial charge in [-0.15, -0.1) is 0 Å². The Morgan fingerprint density at radius 3 is 2.45 bits per heavy atom. The summed E-state index contributed by atoms with van der Waals surface area (Å²) in [5.74, 6) is 0.0279. The fourth-order valence-corrected chi connectivity index (χ4v) is 4.73. The van der Waals surface area contributed by atoms with Crippen LogP contribution in [0.1, 0.15) is 24.5 Å². The van der Waals surface area contributed by atoms with E-state index in [0.29, 0.717) is 30.8 Å². The van der Waals surface area contributed by atoms with E-state index in [9.17, 15) is 26.4 Å². The van der Waals surface area contributed by atoms with Crippen molar-refractivity contribution in [2.75, 3.05) is 27.2 Å². The molecule has 3 rings (SSSR count). The lowest BCUT2D eigenvalue weighted by atomic mass is 10.1. The quantitative estimate of drug-likeness (QED) is 0.740. The molecule has 1 aliphatic heterocycles. The number of nitrogens with one attached hydrogen (secondary N) is 2. The Balaban J connectivity index is 1.74. The van der Waals surface area contributed by atoms with Crippen molar-refractivity contribution in [3.05, 3.63) is 53.6 Å². The summed E-state index contributed by atoms with van der Waals surface area (Å²) in [5, 5.41) is 4.88. The molecule has 0 saturated heterocycles. The summed E-state index contributed by atoms with van der Waals surface area (Å²) in [6.45, 7) is 2.13. The average molecular weight is 427 g/mol. The van der Waals surface area contributed by atoms with E-state index in [1.807, 2.05) is 0 Å². The molecule has 0 aliphatic carbocycles. The number of alkyl halides is 3. The van der Waals surface area contributed by atoms with E-state index in [1.165, 1.54) is 16.4 Å². The first-order valence-electron chi connectivity index (χ1n) is 8.99. The highest BCUT2D eigenvalue weighted by molar-refractivity contribution is 7.92. The second kappa shape index (κ2) is 7.94. The molecule has 0 unspecified atom stereocenters.